The van der Waals surface area contributed by atoms with Crippen molar-refractivity contribution in [1.29, 1.82) is 0 Å². The molecule has 0 radical (unpaired) electrons. The van der Waals surface area contributed by atoms with E-state index in [4.69, 9.17) is 9.47 Å². The molecule has 1 N–H and O–H groups in total. The van der Waals surface area contributed by atoms with Crippen LogP contribution in [-0.2, 0) is 17.1 Å². The molecule has 0 fully saturated rings. The van der Waals surface area contributed by atoms with Gasteiger partial charge in [0.2, 0.25) is 11.8 Å². The second-order valence-electron chi connectivity index (χ2n) is 8.01. The van der Waals surface area contributed by atoms with E-state index in [9.17, 15) is 8.42 Å². The van der Waals surface area contributed by atoms with Gasteiger partial charge in [-0.3, -0.25) is 5.10 Å². The van der Waals surface area contributed by atoms with Crippen molar-refractivity contribution in [2.24, 2.45) is 7.05 Å². The predicted octanol–water partition coefficient (Wildman–Crippen LogP) is 2.95. The lowest BCUT2D eigenvalue weighted by Crippen LogP contribution is -2.12. The van der Waals surface area contributed by atoms with Crippen molar-refractivity contribution in [1.82, 2.24) is 29.2 Å². The number of aryl methyl sites for hydroxylation is 1. The van der Waals surface area contributed by atoms with Gasteiger partial charge in [-0.25, -0.2) is 13.1 Å². The molecule has 168 valence electrons. The monoisotopic (exact) mass is 464 g/mol. The van der Waals surface area contributed by atoms with Crippen molar-refractivity contribution in [3.8, 4) is 34.1 Å². The maximum absolute atomic E-state index is 12.3. The van der Waals surface area contributed by atoms with Gasteiger partial charge in [-0.1, -0.05) is 12.1 Å². The Hall–Kier alpha value is -3.86. The van der Waals surface area contributed by atoms with Crippen LogP contribution in [0.15, 0.2) is 42.6 Å². The van der Waals surface area contributed by atoms with Crippen LogP contribution in [0.1, 0.15) is 6.42 Å². The summed E-state index contributed by atoms with van der Waals surface area (Å²) in [5.74, 6) is 0.924. The summed E-state index contributed by atoms with van der Waals surface area (Å²) in [4.78, 5) is 0. The number of nitrogens with zero attached hydrogens (tertiary/aromatic N) is 5. The molecule has 10 nitrogen and oxygen atoms in total. The largest absolute Gasteiger partial charge is 0.477 e. The minimum absolute atomic E-state index is 0.258. The van der Waals surface area contributed by atoms with E-state index < -0.39 is 10.0 Å². The Morgan fingerprint density at radius 3 is 2.67 bits per heavy atom. The van der Waals surface area contributed by atoms with E-state index in [0.29, 0.717) is 36.4 Å². The lowest BCUT2D eigenvalue weighted by Gasteiger charge is -2.09. The maximum atomic E-state index is 12.3. The van der Waals surface area contributed by atoms with Crippen LogP contribution in [0.25, 0.3) is 44.2 Å². The molecule has 0 saturated carbocycles. The standard InChI is InChI=1S/C22H20N6O4S/c1-27-22-17(12-23-27)13-4-6-18-15(10-13)20(25-24-18)14-5-7-19-16(11-14)21(31-8-3-9-32-22)26-28(19)33(2,29)30/h4-7,10-12H,3,8-9H2,1-2H3,(H,24,25). The minimum atomic E-state index is -3.60. The summed E-state index contributed by atoms with van der Waals surface area (Å²) < 4.78 is 39.2. The number of hydrogen-bond acceptors (Lipinski definition) is 7. The number of H-pyrrole nitrogens is 1. The van der Waals surface area contributed by atoms with Crippen molar-refractivity contribution in [3.63, 3.8) is 0 Å². The Balaban J connectivity index is 1.61. The van der Waals surface area contributed by atoms with Crippen molar-refractivity contribution >= 4 is 31.8 Å². The van der Waals surface area contributed by atoms with Crippen LogP contribution in [0.5, 0.6) is 11.8 Å². The Kier molecular flexibility index (Phi) is 4.24. The van der Waals surface area contributed by atoms with Gasteiger partial charge in [0.1, 0.15) is 0 Å². The van der Waals surface area contributed by atoms with Gasteiger partial charge < -0.3 is 9.47 Å². The van der Waals surface area contributed by atoms with Crippen LogP contribution in [0.2, 0.25) is 0 Å². The third kappa shape index (κ3) is 3.15. The zero-order chi connectivity index (χ0) is 22.7. The van der Waals surface area contributed by atoms with Gasteiger partial charge in [0.25, 0.3) is 10.0 Å². The number of hydrogen-bond donors (Lipinski definition) is 1. The first-order valence-corrected chi connectivity index (χ1v) is 12.2. The van der Waals surface area contributed by atoms with E-state index in [0.717, 1.165) is 43.6 Å². The average molecular weight is 465 g/mol. The molecule has 0 unspecified atom stereocenters. The molecule has 0 saturated heterocycles. The molecule has 4 bridgehead atoms. The highest BCUT2D eigenvalue weighted by molar-refractivity contribution is 7.89. The van der Waals surface area contributed by atoms with Crippen molar-refractivity contribution < 1.29 is 17.9 Å². The number of aromatic nitrogens is 6. The van der Waals surface area contributed by atoms with Crippen LogP contribution in [-0.4, -0.2) is 57.1 Å². The number of rotatable bonds is 1. The predicted molar refractivity (Wildman–Crippen MR) is 123 cm³/mol. The second kappa shape index (κ2) is 7.07. The molecule has 5 aromatic rings. The fraction of sp³-hybridized carbons (Fsp3) is 0.227. The smallest absolute Gasteiger partial charge is 0.251 e. The Morgan fingerprint density at radius 2 is 1.82 bits per heavy atom. The lowest BCUT2D eigenvalue weighted by molar-refractivity contribution is 0.233. The molecule has 1 aliphatic heterocycles. The third-order valence-electron chi connectivity index (χ3n) is 5.73. The molecule has 11 heteroatoms. The molecule has 0 spiro atoms. The van der Waals surface area contributed by atoms with Gasteiger partial charge in [-0.05, 0) is 29.8 Å². The summed E-state index contributed by atoms with van der Waals surface area (Å²) in [5, 5.41) is 17.8. The normalized spacial score (nSPS) is 14.1. The van der Waals surface area contributed by atoms with E-state index in [2.05, 4.69) is 26.5 Å². The van der Waals surface area contributed by atoms with Crippen LogP contribution < -0.4 is 9.47 Å². The van der Waals surface area contributed by atoms with Gasteiger partial charge in [0.15, 0.2) is 0 Å². The topological polar surface area (TPSA) is 117 Å². The molecule has 0 aliphatic carbocycles. The van der Waals surface area contributed by atoms with Crippen molar-refractivity contribution in [2.45, 2.75) is 6.42 Å². The van der Waals surface area contributed by atoms with Gasteiger partial charge in [-0.2, -0.15) is 14.3 Å². The highest BCUT2D eigenvalue weighted by Crippen LogP contribution is 2.36. The first kappa shape index (κ1) is 19.8. The molecule has 2 aromatic carbocycles. The summed E-state index contributed by atoms with van der Waals surface area (Å²) >= 11 is 0. The molecule has 0 atom stereocenters. The second-order valence-corrected chi connectivity index (χ2v) is 9.83. The molecule has 0 amide bonds. The molecule has 1 aliphatic rings. The van der Waals surface area contributed by atoms with Gasteiger partial charge >= 0.3 is 0 Å². The number of nitrogens with one attached hydrogen (secondary N) is 1. The quantitative estimate of drug-likeness (QED) is 0.405. The maximum Gasteiger partial charge on any atom is 0.251 e. The van der Waals surface area contributed by atoms with Gasteiger partial charge in [0, 0.05) is 24.4 Å². The zero-order valence-corrected chi connectivity index (χ0v) is 18.8. The fourth-order valence-electron chi connectivity index (χ4n) is 4.16. The Bertz CT molecular complexity index is 1650. The molecule has 33 heavy (non-hydrogen) atoms. The molecule has 4 heterocycles. The van der Waals surface area contributed by atoms with Crippen LogP contribution >= 0.6 is 0 Å². The van der Waals surface area contributed by atoms with E-state index in [-0.39, 0.29) is 5.88 Å². The highest BCUT2D eigenvalue weighted by atomic mass is 32.2. The zero-order valence-electron chi connectivity index (χ0n) is 17.9. The van der Waals surface area contributed by atoms with E-state index in [1.807, 2.05) is 31.3 Å². The lowest BCUT2D eigenvalue weighted by atomic mass is 10.0. The number of aromatic amines is 1. The van der Waals surface area contributed by atoms with Crippen LogP contribution in [0.3, 0.4) is 0 Å². The summed E-state index contributed by atoms with van der Waals surface area (Å²) in [6.45, 7) is 0.718. The number of ether oxygens (including phenoxy) is 2. The molecular formula is C22H20N6O4S. The van der Waals surface area contributed by atoms with Crippen molar-refractivity contribution in [2.75, 3.05) is 19.5 Å². The van der Waals surface area contributed by atoms with E-state index in [1.165, 1.54) is 0 Å². The minimum Gasteiger partial charge on any atom is -0.477 e. The SMILES string of the molecule is Cn1ncc2c1OCCCOc1nn(S(C)(=O)=O)c3ccc(cc13)-c1n[nH]c3ccc-2cc13. The summed E-state index contributed by atoms with van der Waals surface area (Å²) in [7, 11) is -1.77. The Morgan fingerprint density at radius 1 is 1.03 bits per heavy atom. The van der Waals surface area contributed by atoms with Crippen LogP contribution in [0, 0.1) is 0 Å². The molecule has 6 rings (SSSR count). The highest BCUT2D eigenvalue weighted by Gasteiger charge is 2.21. The average Bonchev–Trinajstić information content (AvgIpc) is 3.47. The first-order chi connectivity index (χ1) is 15.9. The summed E-state index contributed by atoms with van der Waals surface area (Å²) in [6, 6.07) is 11.5. The third-order valence-corrected chi connectivity index (χ3v) is 6.63. The van der Waals surface area contributed by atoms with Gasteiger partial charge in [0.05, 0.1) is 53.3 Å². The van der Waals surface area contributed by atoms with Crippen LogP contribution in [0.4, 0.5) is 0 Å². The van der Waals surface area contributed by atoms with Crippen molar-refractivity contribution in [3.05, 3.63) is 42.6 Å². The number of benzene rings is 2. The Labute approximate surface area is 188 Å². The van der Waals surface area contributed by atoms with E-state index in [1.54, 1.807) is 16.9 Å². The summed E-state index contributed by atoms with van der Waals surface area (Å²) in [6.07, 6.45) is 3.49. The molecular weight excluding hydrogens is 444 g/mol. The summed E-state index contributed by atoms with van der Waals surface area (Å²) in [5.41, 5.74) is 4.76. The first-order valence-electron chi connectivity index (χ1n) is 10.4. The molecule has 3 aromatic heterocycles. The van der Waals surface area contributed by atoms with Gasteiger partial charge in [-0.15, -0.1) is 5.10 Å². The fourth-order valence-corrected chi connectivity index (χ4v) is 4.90. The van der Waals surface area contributed by atoms with E-state index >= 15 is 0 Å². The number of fused-ring (bicyclic) bond motifs is 5.